The SMILES string of the molecule is Cc1cc(C(F)(F)F)cc2c(=O)[nH]c(C[C@@H](C)CC(=O)N3CCC(C(=O)c4cnn(C)c4)CC3)nc12. The van der Waals surface area contributed by atoms with Gasteiger partial charge in [-0.05, 0) is 43.4 Å². The number of halogens is 3. The molecule has 2 aromatic heterocycles. The van der Waals surface area contributed by atoms with Gasteiger partial charge in [-0.2, -0.15) is 18.3 Å². The summed E-state index contributed by atoms with van der Waals surface area (Å²) in [5.41, 5.74) is -0.460. The molecule has 1 N–H and O–H groups in total. The summed E-state index contributed by atoms with van der Waals surface area (Å²) in [5, 5.41) is 3.93. The van der Waals surface area contributed by atoms with Crippen molar-refractivity contribution in [2.45, 2.75) is 45.7 Å². The lowest BCUT2D eigenvalue weighted by Crippen LogP contribution is -2.40. The maximum absolute atomic E-state index is 13.1. The number of nitrogens with one attached hydrogen (secondary N) is 1. The number of alkyl halides is 3. The Balaban J connectivity index is 1.37. The van der Waals surface area contributed by atoms with Gasteiger partial charge in [0.1, 0.15) is 5.82 Å². The highest BCUT2D eigenvalue weighted by molar-refractivity contribution is 5.97. The summed E-state index contributed by atoms with van der Waals surface area (Å²) in [6, 6.07) is 1.79. The Kier molecular flexibility index (Phi) is 7.01. The average molecular weight is 504 g/mol. The molecule has 3 heterocycles. The predicted molar refractivity (Wildman–Crippen MR) is 126 cm³/mol. The van der Waals surface area contributed by atoms with E-state index >= 15 is 0 Å². The third kappa shape index (κ3) is 5.50. The van der Waals surface area contributed by atoms with Crippen molar-refractivity contribution in [2.75, 3.05) is 13.1 Å². The van der Waals surface area contributed by atoms with Gasteiger partial charge in [0.05, 0.1) is 28.2 Å². The maximum Gasteiger partial charge on any atom is 0.416 e. The second kappa shape index (κ2) is 9.87. The molecule has 1 aliphatic heterocycles. The van der Waals surface area contributed by atoms with Crippen LogP contribution in [0.15, 0.2) is 29.3 Å². The van der Waals surface area contributed by atoms with Crippen LogP contribution < -0.4 is 5.56 Å². The van der Waals surface area contributed by atoms with Crippen LogP contribution in [0.3, 0.4) is 0 Å². The number of piperidine rings is 1. The van der Waals surface area contributed by atoms with E-state index in [1.165, 1.54) is 6.92 Å². The topological polar surface area (TPSA) is 101 Å². The van der Waals surface area contributed by atoms with Crippen molar-refractivity contribution < 1.29 is 22.8 Å². The summed E-state index contributed by atoms with van der Waals surface area (Å²) >= 11 is 0. The summed E-state index contributed by atoms with van der Waals surface area (Å²) in [4.78, 5) is 46.7. The Bertz CT molecular complexity index is 1350. The van der Waals surface area contributed by atoms with Gasteiger partial charge in [-0.1, -0.05) is 6.92 Å². The highest BCUT2D eigenvalue weighted by atomic mass is 19.4. The van der Waals surface area contributed by atoms with Gasteiger partial charge in [0.25, 0.3) is 5.56 Å². The monoisotopic (exact) mass is 503 g/mol. The predicted octanol–water partition coefficient (Wildman–Crippen LogP) is 3.67. The summed E-state index contributed by atoms with van der Waals surface area (Å²) in [6.07, 6.45) is 0.410. The van der Waals surface area contributed by atoms with Crippen molar-refractivity contribution in [3.63, 3.8) is 0 Å². The number of nitrogens with zero attached hydrogens (tertiary/aromatic N) is 4. The van der Waals surface area contributed by atoms with Gasteiger partial charge >= 0.3 is 6.18 Å². The van der Waals surface area contributed by atoms with Gasteiger partial charge in [-0.15, -0.1) is 0 Å². The number of rotatable bonds is 6. The third-order valence-corrected chi connectivity index (χ3v) is 6.65. The highest BCUT2D eigenvalue weighted by Gasteiger charge is 2.32. The Morgan fingerprint density at radius 1 is 1.22 bits per heavy atom. The number of hydrogen-bond donors (Lipinski definition) is 1. The van der Waals surface area contributed by atoms with Crippen LogP contribution in [-0.4, -0.2) is 49.4 Å². The Morgan fingerprint density at radius 3 is 2.53 bits per heavy atom. The molecule has 8 nitrogen and oxygen atoms in total. The zero-order valence-corrected chi connectivity index (χ0v) is 20.4. The van der Waals surface area contributed by atoms with E-state index in [2.05, 4.69) is 15.1 Å². The lowest BCUT2D eigenvalue weighted by Gasteiger charge is -2.32. The van der Waals surface area contributed by atoms with Crippen molar-refractivity contribution >= 4 is 22.6 Å². The number of benzene rings is 1. The van der Waals surface area contributed by atoms with Gasteiger partial charge in [-0.25, -0.2) is 4.98 Å². The lowest BCUT2D eigenvalue weighted by molar-refractivity contribution is -0.137. The van der Waals surface area contributed by atoms with Crippen molar-refractivity contribution in [3.05, 3.63) is 57.4 Å². The van der Waals surface area contributed by atoms with E-state index in [-0.39, 0.29) is 46.4 Å². The fourth-order valence-electron chi connectivity index (χ4n) is 4.73. The molecule has 1 aromatic carbocycles. The minimum absolute atomic E-state index is 0.0380. The standard InChI is InChI=1S/C25H28F3N5O3/c1-14(8-20-30-22-15(2)10-18(25(26,27)28)11-19(22)24(36)31-20)9-21(34)33-6-4-16(5-7-33)23(35)17-12-29-32(3)13-17/h10-14,16H,4-9H2,1-3H3,(H,30,31,36)/t14-/m1/s1. The van der Waals surface area contributed by atoms with E-state index in [1.54, 1.807) is 29.0 Å². The fourth-order valence-corrected chi connectivity index (χ4v) is 4.73. The summed E-state index contributed by atoms with van der Waals surface area (Å²) in [7, 11) is 1.76. The molecule has 0 spiro atoms. The maximum atomic E-state index is 13.1. The normalized spacial score (nSPS) is 15.9. The molecule has 1 amide bonds. The highest BCUT2D eigenvalue weighted by Crippen LogP contribution is 2.32. The van der Waals surface area contributed by atoms with E-state index in [0.29, 0.717) is 43.7 Å². The van der Waals surface area contributed by atoms with Crippen LogP contribution >= 0.6 is 0 Å². The number of carbonyl (C=O) groups excluding carboxylic acids is 2. The van der Waals surface area contributed by atoms with Crippen LogP contribution in [0, 0.1) is 18.8 Å². The van der Waals surface area contributed by atoms with Gasteiger partial charge in [0.15, 0.2) is 5.78 Å². The number of ketones is 1. The molecule has 3 aromatic rings. The first-order chi connectivity index (χ1) is 16.9. The van der Waals surface area contributed by atoms with Crippen molar-refractivity contribution in [2.24, 2.45) is 18.9 Å². The van der Waals surface area contributed by atoms with Crippen LogP contribution in [0.2, 0.25) is 0 Å². The lowest BCUT2D eigenvalue weighted by atomic mass is 9.89. The number of hydrogen-bond acceptors (Lipinski definition) is 5. The second-order valence-corrected chi connectivity index (χ2v) is 9.64. The molecule has 1 fully saturated rings. The Hall–Kier alpha value is -3.50. The van der Waals surface area contributed by atoms with Crippen molar-refractivity contribution in [1.82, 2.24) is 24.6 Å². The molecule has 1 aliphatic rings. The number of fused-ring (bicyclic) bond motifs is 1. The molecule has 1 saturated heterocycles. The van der Waals surface area contributed by atoms with E-state index in [4.69, 9.17) is 0 Å². The first-order valence-electron chi connectivity index (χ1n) is 11.8. The van der Waals surface area contributed by atoms with E-state index in [0.717, 1.165) is 12.1 Å². The number of carbonyl (C=O) groups is 2. The number of aromatic amines is 1. The number of aryl methyl sites for hydroxylation is 2. The average Bonchev–Trinajstić information content (AvgIpc) is 3.24. The van der Waals surface area contributed by atoms with Crippen LogP contribution in [0.4, 0.5) is 13.2 Å². The van der Waals surface area contributed by atoms with Gasteiger partial charge in [0.2, 0.25) is 5.91 Å². The molecule has 192 valence electrons. The molecule has 0 bridgehead atoms. The smallest absolute Gasteiger partial charge is 0.343 e. The third-order valence-electron chi connectivity index (χ3n) is 6.65. The zero-order chi connectivity index (χ0) is 26.2. The van der Waals surface area contributed by atoms with Gasteiger partial charge in [0, 0.05) is 45.1 Å². The quantitative estimate of drug-likeness (QED) is 0.518. The fraction of sp³-hybridized carbons (Fsp3) is 0.480. The number of likely N-dealkylation sites (tertiary alicyclic amines) is 1. The zero-order valence-electron chi connectivity index (χ0n) is 20.4. The molecule has 4 rings (SSSR count). The van der Waals surface area contributed by atoms with E-state index in [9.17, 15) is 27.6 Å². The van der Waals surface area contributed by atoms with Crippen LogP contribution in [0.5, 0.6) is 0 Å². The molecule has 1 atom stereocenters. The summed E-state index contributed by atoms with van der Waals surface area (Å²) in [6.45, 7) is 4.34. The first-order valence-corrected chi connectivity index (χ1v) is 11.8. The number of Topliss-reactive ketones (excluding diaryl/α,β-unsaturated/α-hetero) is 1. The molecule has 0 saturated carbocycles. The number of amides is 1. The minimum Gasteiger partial charge on any atom is -0.343 e. The van der Waals surface area contributed by atoms with Crippen molar-refractivity contribution in [3.8, 4) is 0 Å². The Labute approximate surface area is 205 Å². The molecular weight excluding hydrogens is 475 g/mol. The second-order valence-electron chi connectivity index (χ2n) is 9.64. The van der Waals surface area contributed by atoms with Crippen molar-refractivity contribution in [1.29, 1.82) is 0 Å². The summed E-state index contributed by atoms with van der Waals surface area (Å²) < 4.78 is 40.9. The molecular formula is C25H28F3N5O3. The molecule has 0 radical (unpaired) electrons. The van der Waals surface area contributed by atoms with Crippen LogP contribution in [0.1, 0.15) is 53.5 Å². The molecule has 0 aliphatic carbocycles. The number of aromatic nitrogens is 4. The molecule has 0 unspecified atom stereocenters. The minimum atomic E-state index is -4.56. The van der Waals surface area contributed by atoms with Crippen LogP contribution in [-0.2, 0) is 24.4 Å². The molecule has 36 heavy (non-hydrogen) atoms. The first kappa shape index (κ1) is 25.6. The number of H-pyrrole nitrogens is 1. The van der Waals surface area contributed by atoms with E-state index < -0.39 is 17.3 Å². The summed E-state index contributed by atoms with van der Waals surface area (Å²) in [5.74, 6) is 0.0548. The van der Waals surface area contributed by atoms with Gasteiger partial charge < -0.3 is 9.88 Å². The van der Waals surface area contributed by atoms with Gasteiger partial charge in [-0.3, -0.25) is 19.1 Å². The molecule has 11 heteroatoms. The Morgan fingerprint density at radius 2 is 1.92 bits per heavy atom. The van der Waals surface area contributed by atoms with E-state index in [1.807, 2.05) is 6.92 Å². The largest absolute Gasteiger partial charge is 0.416 e. The van der Waals surface area contributed by atoms with Crippen LogP contribution in [0.25, 0.3) is 10.9 Å².